The Morgan fingerprint density at radius 2 is 2.50 bits per heavy atom. The van der Waals surface area contributed by atoms with Crippen LogP contribution in [0, 0.1) is 0 Å². The minimum Gasteiger partial charge on any atom is -0.369 e. The monoisotopic (exact) mass is 171 g/mol. The van der Waals surface area contributed by atoms with Gasteiger partial charge in [0.15, 0.2) is 0 Å². The summed E-state index contributed by atoms with van der Waals surface area (Å²) in [5.74, 6) is -0.247. The number of carbonyl (C=O) groups is 1. The number of piperidine rings is 1. The largest absolute Gasteiger partial charge is 0.369 e. The number of nitrogens with two attached hydrogens (primary N) is 1. The lowest BCUT2D eigenvalue weighted by Gasteiger charge is -2.30. The van der Waals surface area contributed by atoms with Crippen molar-refractivity contribution >= 4 is 5.91 Å². The summed E-state index contributed by atoms with van der Waals surface area (Å²) in [6.07, 6.45) is 2.35. The van der Waals surface area contributed by atoms with Crippen molar-refractivity contribution in [3.8, 4) is 0 Å². The Bertz CT molecular complexity index is 154. The normalized spacial score (nSPS) is 24.3. The van der Waals surface area contributed by atoms with Crippen molar-refractivity contribution in [1.82, 2.24) is 10.2 Å². The zero-order valence-corrected chi connectivity index (χ0v) is 7.55. The molecule has 1 aliphatic heterocycles. The van der Waals surface area contributed by atoms with Gasteiger partial charge in [0.1, 0.15) is 0 Å². The highest BCUT2D eigenvalue weighted by Crippen LogP contribution is 2.07. The summed E-state index contributed by atoms with van der Waals surface area (Å²) < 4.78 is 0. The van der Waals surface area contributed by atoms with Gasteiger partial charge < -0.3 is 11.1 Å². The van der Waals surface area contributed by atoms with Crippen molar-refractivity contribution < 1.29 is 4.79 Å². The highest BCUT2D eigenvalue weighted by Gasteiger charge is 2.18. The van der Waals surface area contributed by atoms with Gasteiger partial charge in [-0.1, -0.05) is 0 Å². The second kappa shape index (κ2) is 4.42. The molecule has 0 radical (unpaired) electrons. The fourth-order valence-corrected chi connectivity index (χ4v) is 1.58. The van der Waals surface area contributed by atoms with Crippen LogP contribution in [0.5, 0.6) is 0 Å². The first-order chi connectivity index (χ1) is 5.70. The molecule has 1 atom stereocenters. The van der Waals surface area contributed by atoms with Gasteiger partial charge in [-0.2, -0.15) is 0 Å². The van der Waals surface area contributed by atoms with Gasteiger partial charge in [0, 0.05) is 12.6 Å². The second-order valence-corrected chi connectivity index (χ2v) is 3.38. The summed E-state index contributed by atoms with van der Waals surface area (Å²) in [6, 6.07) is 0.478. The maximum absolute atomic E-state index is 10.6. The molecular weight excluding hydrogens is 154 g/mol. The number of amides is 1. The van der Waals surface area contributed by atoms with Crippen LogP contribution >= 0.6 is 0 Å². The van der Waals surface area contributed by atoms with E-state index < -0.39 is 0 Å². The fraction of sp³-hybridized carbons (Fsp3) is 0.875. The molecule has 4 nitrogen and oxygen atoms in total. The molecule has 1 aliphatic rings. The van der Waals surface area contributed by atoms with E-state index in [9.17, 15) is 4.79 Å². The summed E-state index contributed by atoms with van der Waals surface area (Å²) >= 11 is 0. The van der Waals surface area contributed by atoms with Crippen LogP contribution in [0.4, 0.5) is 0 Å². The maximum atomic E-state index is 10.6. The number of hydrogen-bond donors (Lipinski definition) is 2. The molecule has 0 aliphatic carbocycles. The molecule has 0 aromatic rings. The number of rotatable bonds is 3. The predicted octanol–water partition coefficient (Wildman–Crippen LogP) is -0.844. The molecule has 0 saturated carbocycles. The first kappa shape index (κ1) is 9.48. The summed E-state index contributed by atoms with van der Waals surface area (Å²) in [7, 11) is 1.95. The number of likely N-dealkylation sites (N-methyl/N-ethyl adjacent to an activating group) is 1. The highest BCUT2D eigenvalue weighted by molar-refractivity contribution is 5.75. The van der Waals surface area contributed by atoms with E-state index in [4.69, 9.17) is 5.73 Å². The third-order valence-corrected chi connectivity index (χ3v) is 2.30. The molecule has 1 saturated heterocycles. The van der Waals surface area contributed by atoms with Gasteiger partial charge in [-0.05, 0) is 26.4 Å². The molecule has 1 unspecified atom stereocenters. The smallest absolute Gasteiger partial charge is 0.231 e. The quantitative estimate of drug-likeness (QED) is 0.582. The van der Waals surface area contributed by atoms with Crippen molar-refractivity contribution in [3.05, 3.63) is 0 Å². The Morgan fingerprint density at radius 3 is 3.00 bits per heavy atom. The van der Waals surface area contributed by atoms with E-state index in [1.165, 1.54) is 6.42 Å². The van der Waals surface area contributed by atoms with Gasteiger partial charge in [0.05, 0.1) is 6.54 Å². The Balaban J connectivity index is 2.29. The van der Waals surface area contributed by atoms with Crippen molar-refractivity contribution in [1.29, 1.82) is 0 Å². The van der Waals surface area contributed by atoms with E-state index in [0.29, 0.717) is 12.6 Å². The second-order valence-electron chi connectivity index (χ2n) is 3.38. The Morgan fingerprint density at radius 1 is 1.75 bits per heavy atom. The molecular formula is C8H17N3O. The molecule has 3 N–H and O–H groups in total. The molecule has 1 amide bonds. The Hall–Kier alpha value is -0.610. The van der Waals surface area contributed by atoms with Crippen LogP contribution in [0.3, 0.4) is 0 Å². The van der Waals surface area contributed by atoms with Crippen LogP contribution in [-0.2, 0) is 4.79 Å². The maximum Gasteiger partial charge on any atom is 0.231 e. The number of nitrogens with zero attached hydrogens (tertiary/aromatic N) is 1. The SMILES string of the molecule is CN(CC(N)=O)C1CCCNC1. The molecule has 1 rings (SSSR count). The van der Waals surface area contributed by atoms with Crippen LogP contribution in [0.2, 0.25) is 0 Å². The minimum atomic E-state index is -0.247. The Kier molecular flexibility index (Phi) is 3.49. The highest BCUT2D eigenvalue weighted by atomic mass is 16.1. The molecule has 0 aromatic heterocycles. The van der Waals surface area contributed by atoms with E-state index in [1.54, 1.807) is 0 Å². The zero-order chi connectivity index (χ0) is 8.97. The molecule has 12 heavy (non-hydrogen) atoms. The summed E-state index contributed by atoms with van der Waals surface area (Å²) in [6.45, 7) is 2.44. The summed E-state index contributed by atoms with van der Waals surface area (Å²) in [4.78, 5) is 12.6. The summed E-state index contributed by atoms with van der Waals surface area (Å²) in [5.41, 5.74) is 5.10. The Labute approximate surface area is 73.1 Å². The van der Waals surface area contributed by atoms with Crippen LogP contribution in [0.1, 0.15) is 12.8 Å². The average molecular weight is 171 g/mol. The molecule has 1 heterocycles. The number of nitrogens with one attached hydrogen (secondary N) is 1. The number of hydrogen-bond acceptors (Lipinski definition) is 3. The molecule has 1 fully saturated rings. The topological polar surface area (TPSA) is 58.4 Å². The predicted molar refractivity (Wildman–Crippen MR) is 47.7 cm³/mol. The lowest BCUT2D eigenvalue weighted by atomic mass is 10.1. The van der Waals surface area contributed by atoms with Gasteiger partial charge in [0.2, 0.25) is 5.91 Å². The van der Waals surface area contributed by atoms with Crippen molar-refractivity contribution in [2.24, 2.45) is 5.73 Å². The molecule has 0 spiro atoms. The lowest BCUT2D eigenvalue weighted by molar-refractivity contribution is -0.119. The average Bonchev–Trinajstić information content (AvgIpc) is 2.05. The van der Waals surface area contributed by atoms with Crippen LogP contribution in [0.25, 0.3) is 0 Å². The molecule has 0 bridgehead atoms. The zero-order valence-electron chi connectivity index (χ0n) is 7.55. The third kappa shape index (κ3) is 2.79. The van der Waals surface area contributed by atoms with Gasteiger partial charge in [-0.15, -0.1) is 0 Å². The van der Waals surface area contributed by atoms with Crippen molar-refractivity contribution in [2.75, 3.05) is 26.7 Å². The first-order valence-electron chi connectivity index (χ1n) is 4.39. The summed E-state index contributed by atoms with van der Waals surface area (Å²) in [5, 5.41) is 3.30. The van der Waals surface area contributed by atoms with Gasteiger partial charge >= 0.3 is 0 Å². The van der Waals surface area contributed by atoms with E-state index in [-0.39, 0.29) is 5.91 Å². The van der Waals surface area contributed by atoms with E-state index >= 15 is 0 Å². The van der Waals surface area contributed by atoms with Gasteiger partial charge in [-0.3, -0.25) is 9.69 Å². The third-order valence-electron chi connectivity index (χ3n) is 2.30. The van der Waals surface area contributed by atoms with E-state index in [1.807, 2.05) is 11.9 Å². The standard InChI is InChI=1S/C8H17N3O/c1-11(6-8(9)12)7-3-2-4-10-5-7/h7,10H,2-6H2,1H3,(H2,9,12). The first-order valence-corrected chi connectivity index (χ1v) is 4.39. The van der Waals surface area contributed by atoms with Crippen molar-refractivity contribution in [2.45, 2.75) is 18.9 Å². The van der Waals surface area contributed by atoms with Gasteiger partial charge in [-0.25, -0.2) is 0 Å². The van der Waals surface area contributed by atoms with E-state index in [0.717, 1.165) is 19.5 Å². The molecule has 70 valence electrons. The van der Waals surface area contributed by atoms with Crippen LogP contribution < -0.4 is 11.1 Å². The molecule has 4 heteroatoms. The fourth-order valence-electron chi connectivity index (χ4n) is 1.58. The van der Waals surface area contributed by atoms with E-state index in [2.05, 4.69) is 5.32 Å². The van der Waals surface area contributed by atoms with Crippen LogP contribution in [0.15, 0.2) is 0 Å². The minimum absolute atomic E-state index is 0.247. The lowest BCUT2D eigenvalue weighted by Crippen LogP contribution is -2.46. The molecule has 0 aromatic carbocycles. The van der Waals surface area contributed by atoms with Crippen LogP contribution in [-0.4, -0.2) is 43.5 Å². The number of carbonyl (C=O) groups excluding carboxylic acids is 1. The number of primary amides is 1. The van der Waals surface area contributed by atoms with Gasteiger partial charge in [0.25, 0.3) is 0 Å². The van der Waals surface area contributed by atoms with Crippen molar-refractivity contribution in [3.63, 3.8) is 0 Å².